The average Bonchev–Trinajstić information content (AvgIpc) is 3.21. The molecular weight excluding hydrogens is 463 g/mol. The summed E-state index contributed by atoms with van der Waals surface area (Å²) in [5, 5.41) is 1.98. The molecule has 3 N–H and O–H groups in total. The van der Waals surface area contributed by atoms with E-state index in [0.717, 1.165) is 13.2 Å². The molecule has 0 bridgehead atoms. The molecule has 2 aliphatic carbocycles. The van der Waals surface area contributed by atoms with Gasteiger partial charge in [0.1, 0.15) is 6.17 Å². The van der Waals surface area contributed by atoms with Crippen molar-refractivity contribution in [2.24, 2.45) is 11.8 Å². The van der Waals surface area contributed by atoms with Crippen LogP contribution in [0.4, 0.5) is 4.39 Å². The molecule has 2 saturated carbocycles. The topological polar surface area (TPSA) is 109 Å². The molecular formula is C20H36ClFN4O5S. The minimum absolute atomic E-state index is 0.0153. The lowest BCUT2D eigenvalue weighted by molar-refractivity contribution is -0.129. The van der Waals surface area contributed by atoms with Crippen LogP contribution in [0.25, 0.3) is 0 Å². The van der Waals surface area contributed by atoms with Crippen molar-refractivity contribution < 1.29 is 27.1 Å². The van der Waals surface area contributed by atoms with Crippen LogP contribution in [0.2, 0.25) is 0 Å². The first-order valence-corrected chi connectivity index (χ1v) is 13.3. The van der Waals surface area contributed by atoms with Crippen molar-refractivity contribution in [1.82, 2.24) is 20.5 Å². The Bertz CT molecular complexity index is 725. The normalized spacial score (nSPS) is 36.8. The van der Waals surface area contributed by atoms with Gasteiger partial charge in [-0.1, -0.05) is 0 Å². The summed E-state index contributed by atoms with van der Waals surface area (Å²) in [5.74, 6) is -1.61. The van der Waals surface area contributed by atoms with Gasteiger partial charge in [0, 0.05) is 26.4 Å². The maximum absolute atomic E-state index is 14.8. The van der Waals surface area contributed by atoms with Crippen LogP contribution in [0.3, 0.4) is 0 Å². The van der Waals surface area contributed by atoms with E-state index < -0.39 is 38.6 Å². The number of rotatable bonds is 9. The number of carbonyl (C=O) groups excluding carboxylic acids is 1. The molecule has 5 atom stereocenters. The maximum atomic E-state index is 14.8. The number of ether oxygens (including phenoxy) is 2. The van der Waals surface area contributed by atoms with Crippen LogP contribution in [0.1, 0.15) is 38.5 Å². The lowest BCUT2D eigenvalue weighted by Crippen LogP contribution is -2.53. The highest BCUT2D eigenvalue weighted by Crippen LogP contribution is 2.37. The van der Waals surface area contributed by atoms with Crippen LogP contribution in [0.15, 0.2) is 0 Å². The molecule has 12 heteroatoms. The molecule has 1 aliphatic heterocycles. The molecule has 0 radical (unpaired) electrons. The van der Waals surface area contributed by atoms with E-state index in [9.17, 15) is 17.6 Å². The van der Waals surface area contributed by atoms with Crippen LogP contribution in [0.5, 0.6) is 0 Å². The summed E-state index contributed by atoms with van der Waals surface area (Å²) in [6.07, 6.45) is 1.42. The largest absolute Gasteiger partial charge is 0.382 e. The van der Waals surface area contributed by atoms with Crippen LogP contribution in [-0.4, -0.2) is 88.8 Å². The smallest absolute Gasteiger partial charge is 0.241 e. The molecule has 0 spiro atoms. The Labute approximate surface area is 195 Å². The van der Waals surface area contributed by atoms with Gasteiger partial charge in [0.2, 0.25) is 15.9 Å². The van der Waals surface area contributed by atoms with Crippen molar-refractivity contribution in [3.05, 3.63) is 0 Å². The summed E-state index contributed by atoms with van der Waals surface area (Å²) in [6, 6.07) is 0.141. The molecule has 3 fully saturated rings. The second-order valence-corrected chi connectivity index (χ2v) is 11.7. The molecule has 1 amide bonds. The zero-order valence-electron chi connectivity index (χ0n) is 18.8. The number of sulfonamides is 1. The molecule has 186 valence electrons. The molecule has 0 aromatic heterocycles. The number of nitrogens with one attached hydrogen (secondary N) is 3. The Hall–Kier alpha value is -0.560. The number of nitrogens with zero attached hydrogens (tertiary/aromatic N) is 1. The van der Waals surface area contributed by atoms with Gasteiger partial charge in [0.05, 0.1) is 35.9 Å². The minimum Gasteiger partial charge on any atom is -0.382 e. The summed E-state index contributed by atoms with van der Waals surface area (Å²) < 4.78 is 50.7. The van der Waals surface area contributed by atoms with Crippen molar-refractivity contribution in [1.29, 1.82) is 0 Å². The van der Waals surface area contributed by atoms with Crippen LogP contribution >= 0.6 is 11.6 Å². The summed E-state index contributed by atoms with van der Waals surface area (Å²) in [4.78, 5) is 17.0. The summed E-state index contributed by atoms with van der Waals surface area (Å²) in [6.45, 7) is 2.53. The van der Waals surface area contributed by atoms with Crippen LogP contribution in [-0.2, 0) is 24.3 Å². The van der Waals surface area contributed by atoms with Gasteiger partial charge >= 0.3 is 0 Å². The van der Waals surface area contributed by atoms with Crippen molar-refractivity contribution >= 4 is 27.5 Å². The Balaban J connectivity index is 1.49. The first-order valence-electron chi connectivity index (χ1n) is 11.3. The average molecular weight is 499 g/mol. The van der Waals surface area contributed by atoms with E-state index in [1.54, 1.807) is 7.11 Å². The Morgan fingerprint density at radius 2 is 1.94 bits per heavy atom. The SMILES string of the molecule is COCCOC1CCC(S(=O)(=O)NNC(=O)C2CC(C3CN(C)CN3)CC(Cl)C2F)CC1. The van der Waals surface area contributed by atoms with Crippen molar-refractivity contribution in [3.63, 3.8) is 0 Å². The molecule has 3 rings (SSSR count). The third kappa shape index (κ3) is 6.74. The number of hydrazine groups is 1. The number of hydrogen-bond acceptors (Lipinski definition) is 7. The highest BCUT2D eigenvalue weighted by atomic mass is 35.5. The summed E-state index contributed by atoms with van der Waals surface area (Å²) in [5.41, 5.74) is 2.26. The molecule has 0 aromatic rings. The fraction of sp³-hybridized carbons (Fsp3) is 0.950. The molecule has 1 heterocycles. The number of hydrogen-bond donors (Lipinski definition) is 3. The fourth-order valence-corrected chi connectivity index (χ4v) is 6.67. The number of amides is 1. The van der Waals surface area contributed by atoms with E-state index >= 15 is 0 Å². The second-order valence-electron chi connectivity index (χ2n) is 9.20. The van der Waals surface area contributed by atoms with Gasteiger partial charge in [-0.3, -0.25) is 20.4 Å². The molecule has 9 nitrogen and oxygen atoms in total. The third-order valence-electron chi connectivity index (χ3n) is 6.87. The number of methoxy groups -OCH3 is 1. The maximum Gasteiger partial charge on any atom is 0.241 e. The lowest BCUT2D eigenvalue weighted by Gasteiger charge is -2.37. The van der Waals surface area contributed by atoms with E-state index in [1.807, 2.05) is 7.05 Å². The van der Waals surface area contributed by atoms with Gasteiger partial charge in [-0.25, -0.2) is 12.8 Å². The monoisotopic (exact) mass is 498 g/mol. The molecule has 0 aromatic carbocycles. The van der Waals surface area contributed by atoms with Crippen LogP contribution < -0.4 is 15.6 Å². The van der Waals surface area contributed by atoms with E-state index in [4.69, 9.17) is 21.1 Å². The van der Waals surface area contributed by atoms with Crippen molar-refractivity contribution in [2.75, 3.05) is 40.6 Å². The van der Waals surface area contributed by atoms with Gasteiger partial charge in [0.15, 0.2) is 0 Å². The Morgan fingerprint density at radius 3 is 2.56 bits per heavy atom. The number of carbonyl (C=O) groups is 1. The van der Waals surface area contributed by atoms with Gasteiger partial charge in [-0.15, -0.1) is 16.4 Å². The predicted molar refractivity (Wildman–Crippen MR) is 119 cm³/mol. The Kier molecular flexibility index (Phi) is 9.54. The van der Waals surface area contributed by atoms with E-state index in [0.29, 0.717) is 51.7 Å². The predicted octanol–water partition coefficient (Wildman–Crippen LogP) is 0.744. The number of alkyl halides is 2. The van der Waals surface area contributed by atoms with Gasteiger partial charge < -0.3 is 9.47 Å². The van der Waals surface area contributed by atoms with Crippen molar-refractivity contribution in [3.8, 4) is 0 Å². The van der Waals surface area contributed by atoms with Gasteiger partial charge in [-0.2, -0.15) is 0 Å². The summed E-state index contributed by atoms with van der Waals surface area (Å²) >= 11 is 6.23. The van der Waals surface area contributed by atoms with Gasteiger partial charge in [0.25, 0.3) is 0 Å². The molecule has 1 saturated heterocycles. The first kappa shape index (κ1) is 26.1. The highest BCUT2D eigenvalue weighted by Gasteiger charge is 2.44. The first-order chi connectivity index (χ1) is 15.2. The zero-order valence-corrected chi connectivity index (χ0v) is 20.3. The van der Waals surface area contributed by atoms with Gasteiger partial charge in [-0.05, 0) is 51.5 Å². The fourth-order valence-electron chi connectivity index (χ4n) is 4.96. The Morgan fingerprint density at radius 1 is 1.22 bits per heavy atom. The lowest BCUT2D eigenvalue weighted by atomic mass is 9.76. The minimum atomic E-state index is -3.77. The standard InChI is InChI=1S/C20H36ClFN4O5S/c1-26-11-18(23-12-26)13-9-16(19(22)17(21)10-13)20(27)24-25-32(28,29)15-5-3-14(4-6-15)31-8-7-30-2/h13-19,23,25H,3-12H2,1-2H3,(H,24,27). The van der Waals surface area contributed by atoms with E-state index in [-0.39, 0.29) is 18.1 Å². The second kappa shape index (κ2) is 11.7. The third-order valence-corrected chi connectivity index (χ3v) is 9.02. The van der Waals surface area contributed by atoms with Crippen molar-refractivity contribution in [2.45, 2.75) is 67.5 Å². The summed E-state index contributed by atoms with van der Waals surface area (Å²) in [7, 11) is -0.179. The zero-order chi connectivity index (χ0) is 23.3. The molecule has 5 unspecified atom stereocenters. The highest BCUT2D eigenvalue weighted by molar-refractivity contribution is 7.90. The molecule has 3 aliphatic rings. The quantitative estimate of drug-likeness (QED) is 0.244. The number of halogens is 2. The molecule has 32 heavy (non-hydrogen) atoms. The van der Waals surface area contributed by atoms with Crippen LogP contribution in [0, 0.1) is 11.8 Å². The van der Waals surface area contributed by atoms with E-state index in [2.05, 4.69) is 20.5 Å². The number of likely N-dealkylation sites (N-methyl/N-ethyl adjacent to an activating group) is 1. The van der Waals surface area contributed by atoms with E-state index in [1.165, 1.54) is 0 Å².